The first-order chi connectivity index (χ1) is 17.0. The topological polar surface area (TPSA) is 52.2 Å². The van der Waals surface area contributed by atoms with Gasteiger partial charge >= 0.3 is 0 Å². The van der Waals surface area contributed by atoms with Crippen LogP contribution in [0.2, 0.25) is 0 Å². The molecule has 0 radical (unpaired) electrons. The molecule has 0 N–H and O–H groups in total. The molecule has 6 heteroatoms. The molecule has 0 amide bonds. The fourth-order valence-corrected chi connectivity index (χ4v) is 6.03. The van der Waals surface area contributed by atoms with Crippen molar-refractivity contribution >= 4 is 17.5 Å². The van der Waals surface area contributed by atoms with E-state index in [1.165, 1.54) is 11.1 Å². The lowest BCUT2D eigenvalue weighted by Crippen LogP contribution is -2.38. The number of rotatable bonds is 5. The predicted molar refractivity (Wildman–Crippen MR) is 141 cm³/mol. The summed E-state index contributed by atoms with van der Waals surface area (Å²) >= 11 is 1.55. The lowest BCUT2D eigenvalue weighted by molar-refractivity contribution is 0.499. The number of fused-ring (bicyclic) bond motifs is 4. The summed E-state index contributed by atoms with van der Waals surface area (Å²) in [6.07, 6.45) is 0.816. The second-order valence-electron chi connectivity index (χ2n) is 9.71. The molecule has 6 rings (SSSR count). The fourth-order valence-electron chi connectivity index (χ4n) is 5.15. The van der Waals surface area contributed by atoms with Crippen molar-refractivity contribution in [2.45, 2.75) is 43.1 Å². The van der Waals surface area contributed by atoms with Crippen molar-refractivity contribution in [2.75, 3.05) is 0 Å². The minimum absolute atomic E-state index is 0.0145. The van der Waals surface area contributed by atoms with Crippen LogP contribution < -0.4 is 5.56 Å². The van der Waals surface area contributed by atoms with E-state index in [0.29, 0.717) is 17.5 Å². The number of hydrogen-bond donors (Lipinski definition) is 0. The van der Waals surface area contributed by atoms with E-state index in [1.54, 1.807) is 16.2 Å². The Bertz CT molecular complexity index is 1590. The molecule has 0 fully saturated rings. The average molecular weight is 479 g/mol. The molecule has 0 saturated carbocycles. The Morgan fingerprint density at radius 2 is 1.51 bits per heavy atom. The van der Waals surface area contributed by atoms with Crippen LogP contribution in [-0.4, -0.2) is 19.2 Å². The van der Waals surface area contributed by atoms with Crippen molar-refractivity contribution in [3.8, 4) is 11.3 Å². The molecule has 0 unspecified atom stereocenters. The van der Waals surface area contributed by atoms with Gasteiger partial charge in [-0.25, -0.2) is 4.40 Å². The number of benzene rings is 3. The van der Waals surface area contributed by atoms with Gasteiger partial charge in [0.2, 0.25) is 5.78 Å². The normalized spacial score (nSPS) is 14.0. The van der Waals surface area contributed by atoms with Crippen LogP contribution in [0.3, 0.4) is 0 Å². The van der Waals surface area contributed by atoms with Gasteiger partial charge in [0.1, 0.15) is 0 Å². The zero-order chi connectivity index (χ0) is 24.0. The highest BCUT2D eigenvalue weighted by Gasteiger charge is 2.37. The van der Waals surface area contributed by atoms with Gasteiger partial charge in [-0.2, -0.15) is 0 Å². The second-order valence-corrected chi connectivity index (χ2v) is 10.7. The van der Waals surface area contributed by atoms with Gasteiger partial charge < -0.3 is 4.57 Å². The molecule has 5 aromatic rings. The third kappa shape index (κ3) is 3.78. The highest BCUT2D eigenvalue weighted by Crippen LogP contribution is 2.42. The zero-order valence-electron chi connectivity index (χ0n) is 19.8. The van der Waals surface area contributed by atoms with Crippen molar-refractivity contribution in [3.05, 3.63) is 118 Å². The quantitative estimate of drug-likeness (QED) is 0.303. The summed E-state index contributed by atoms with van der Waals surface area (Å²) in [6.45, 7) is 4.95. The summed E-state index contributed by atoms with van der Waals surface area (Å²) in [5.74, 6) is 1.31. The summed E-state index contributed by atoms with van der Waals surface area (Å²) in [5, 5.41) is 9.71. The van der Waals surface area contributed by atoms with Crippen molar-refractivity contribution in [1.82, 2.24) is 19.2 Å². The van der Waals surface area contributed by atoms with E-state index >= 15 is 0 Å². The van der Waals surface area contributed by atoms with Crippen LogP contribution in [0.4, 0.5) is 0 Å². The molecular weight excluding hydrogens is 452 g/mol. The summed E-state index contributed by atoms with van der Waals surface area (Å²) in [4.78, 5) is 14.2. The van der Waals surface area contributed by atoms with Crippen LogP contribution in [-0.2, 0) is 24.1 Å². The molecule has 0 saturated heterocycles. The predicted octanol–water partition coefficient (Wildman–Crippen LogP) is 5.73. The Morgan fingerprint density at radius 3 is 2.26 bits per heavy atom. The van der Waals surface area contributed by atoms with Gasteiger partial charge in [-0.15, -0.1) is 10.2 Å². The molecule has 1 aliphatic rings. The molecule has 1 aliphatic carbocycles. The smallest absolute Gasteiger partial charge is 0.265 e. The van der Waals surface area contributed by atoms with Gasteiger partial charge in [0.15, 0.2) is 5.16 Å². The minimum atomic E-state index is -0.320. The van der Waals surface area contributed by atoms with Crippen LogP contribution in [0, 0.1) is 0 Å². The number of thioether (sulfide) groups is 1. The molecule has 174 valence electrons. The lowest BCUT2D eigenvalue weighted by Gasteiger charge is -2.35. The number of nitrogens with zero attached hydrogens (tertiary/aromatic N) is 4. The Kier molecular flexibility index (Phi) is 5.33. The van der Waals surface area contributed by atoms with Gasteiger partial charge in [0.05, 0.1) is 12.2 Å². The van der Waals surface area contributed by atoms with E-state index < -0.39 is 0 Å². The SMILES string of the molecule is CC1(C)Cc2ccccc2-c2c1c(=O)n1c(SCc3ccccc3)nnc1n2Cc1ccccc1. The molecule has 5 nitrogen and oxygen atoms in total. The molecule has 2 heterocycles. The van der Waals surface area contributed by atoms with Crippen molar-refractivity contribution in [1.29, 1.82) is 0 Å². The lowest BCUT2D eigenvalue weighted by atomic mass is 9.72. The van der Waals surface area contributed by atoms with E-state index in [4.69, 9.17) is 0 Å². The molecule has 0 aliphatic heterocycles. The molecule has 0 spiro atoms. The van der Waals surface area contributed by atoms with Crippen LogP contribution >= 0.6 is 11.8 Å². The van der Waals surface area contributed by atoms with Crippen molar-refractivity contribution < 1.29 is 0 Å². The first-order valence-electron chi connectivity index (χ1n) is 11.8. The van der Waals surface area contributed by atoms with Gasteiger partial charge in [0, 0.05) is 22.3 Å². The Morgan fingerprint density at radius 1 is 0.857 bits per heavy atom. The maximum Gasteiger partial charge on any atom is 0.265 e. The third-order valence-electron chi connectivity index (χ3n) is 6.76. The fraction of sp³-hybridized carbons (Fsp3) is 0.207. The van der Waals surface area contributed by atoms with E-state index in [1.807, 2.05) is 42.5 Å². The van der Waals surface area contributed by atoms with Gasteiger partial charge in [0.25, 0.3) is 5.56 Å². The standard InChI is InChI=1S/C29H26N4OS/c1-29(2)17-22-15-9-10-16-23(22)25-24(29)26(34)33-27(32(25)18-20-11-5-3-6-12-20)30-31-28(33)35-19-21-13-7-4-8-14-21/h3-16H,17-19H2,1-2H3. The molecule has 35 heavy (non-hydrogen) atoms. The molecule has 0 atom stereocenters. The van der Waals surface area contributed by atoms with Crippen molar-refractivity contribution in [2.24, 2.45) is 0 Å². The largest absolute Gasteiger partial charge is 0.305 e. The Labute approximate surface area is 208 Å². The van der Waals surface area contributed by atoms with Gasteiger partial charge in [-0.05, 0) is 23.1 Å². The maximum absolute atomic E-state index is 14.2. The first kappa shape index (κ1) is 21.9. The van der Waals surface area contributed by atoms with Crippen LogP contribution in [0.25, 0.3) is 17.0 Å². The van der Waals surface area contributed by atoms with E-state index in [-0.39, 0.29) is 11.0 Å². The number of hydrogen-bond acceptors (Lipinski definition) is 4. The van der Waals surface area contributed by atoms with Gasteiger partial charge in [-0.1, -0.05) is 111 Å². The third-order valence-corrected chi connectivity index (χ3v) is 7.76. The molecule has 0 bridgehead atoms. The summed E-state index contributed by atoms with van der Waals surface area (Å²) in [5.41, 5.74) is 6.17. The van der Waals surface area contributed by atoms with Crippen molar-refractivity contribution in [3.63, 3.8) is 0 Å². The van der Waals surface area contributed by atoms with Crippen LogP contribution in [0.5, 0.6) is 0 Å². The summed E-state index contributed by atoms with van der Waals surface area (Å²) in [6, 6.07) is 29.0. The molecular formula is C29H26N4OS. The van der Waals surface area contributed by atoms with E-state index in [9.17, 15) is 4.79 Å². The maximum atomic E-state index is 14.2. The summed E-state index contributed by atoms with van der Waals surface area (Å²) in [7, 11) is 0. The minimum Gasteiger partial charge on any atom is -0.305 e. The highest BCUT2D eigenvalue weighted by molar-refractivity contribution is 7.98. The molecule has 3 aromatic carbocycles. The van der Waals surface area contributed by atoms with E-state index in [0.717, 1.165) is 34.6 Å². The number of aromatic nitrogens is 4. The van der Waals surface area contributed by atoms with Crippen LogP contribution in [0.1, 0.15) is 36.1 Å². The second kappa shape index (κ2) is 8.54. The Balaban J connectivity index is 1.60. The average Bonchev–Trinajstić information content (AvgIpc) is 3.30. The Hall–Kier alpha value is -3.64. The monoisotopic (exact) mass is 478 g/mol. The summed E-state index contributed by atoms with van der Waals surface area (Å²) < 4.78 is 3.91. The zero-order valence-corrected chi connectivity index (χ0v) is 20.6. The highest BCUT2D eigenvalue weighted by atomic mass is 32.2. The van der Waals surface area contributed by atoms with Gasteiger partial charge in [-0.3, -0.25) is 4.79 Å². The van der Waals surface area contributed by atoms with E-state index in [2.05, 4.69) is 71.1 Å². The molecule has 2 aromatic heterocycles. The van der Waals surface area contributed by atoms with Crippen LogP contribution in [0.15, 0.2) is 94.9 Å². The first-order valence-corrected chi connectivity index (χ1v) is 12.8.